The summed E-state index contributed by atoms with van der Waals surface area (Å²) < 4.78 is 0. The highest BCUT2D eigenvalue weighted by Gasteiger charge is 2.17. The van der Waals surface area contributed by atoms with Crippen LogP contribution in [0.25, 0.3) is 0 Å². The van der Waals surface area contributed by atoms with Crippen LogP contribution in [-0.4, -0.2) is 45.9 Å². The molecule has 1 fully saturated rings. The summed E-state index contributed by atoms with van der Waals surface area (Å²) >= 11 is 0. The second kappa shape index (κ2) is 5.58. The van der Waals surface area contributed by atoms with Gasteiger partial charge in [0.05, 0.1) is 6.20 Å². The Morgan fingerprint density at radius 3 is 3.11 bits per heavy atom. The van der Waals surface area contributed by atoms with Crippen molar-refractivity contribution >= 4 is 17.6 Å². The highest BCUT2D eigenvalue weighted by atomic mass is 16.2. The standard InChI is InChI=1S/C10H16N6O2/c1-7(17)13-9-5-12-16(15-9)6-10(18)14-8-2-3-11-4-8/h5,8,11H,2-4,6H2,1H3,(H,14,18)(H,13,15,17). The van der Waals surface area contributed by atoms with Crippen LogP contribution in [0.3, 0.4) is 0 Å². The minimum atomic E-state index is -0.219. The molecule has 2 amide bonds. The Hall–Kier alpha value is -1.96. The zero-order chi connectivity index (χ0) is 13.0. The molecule has 98 valence electrons. The molecule has 0 aromatic carbocycles. The Morgan fingerprint density at radius 2 is 2.44 bits per heavy atom. The van der Waals surface area contributed by atoms with E-state index >= 15 is 0 Å². The van der Waals surface area contributed by atoms with Gasteiger partial charge in [-0.15, -0.1) is 5.10 Å². The molecule has 1 saturated heterocycles. The summed E-state index contributed by atoms with van der Waals surface area (Å²) in [7, 11) is 0. The fraction of sp³-hybridized carbons (Fsp3) is 0.600. The van der Waals surface area contributed by atoms with Gasteiger partial charge in [0.2, 0.25) is 11.8 Å². The first-order valence-corrected chi connectivity index (χ1v) is 5.81. The van der Waals surface area contributed by atoms with E-state index < -0.39 is 0 Å². The van der Waals surface area contributed by atoms with E-state index in [-0.39, 0.29) is 24.4 Å². The molecule has 2 heterocycles. The lowest BCUT2D eigenvalue weighted by Gasteiger charge is -2.10. The van der Waals surface area contributed by atoms with E-state index in [2.05, 4.69) is 26.1 Å². The van der Waals surface area contributed by atoms with Gasteiger partial charge in [-0.3, -0.25) is 9.59 Å². The molecule has 1 aromatic heterocycles. The average molecular weight is 252 g/mol. The fourth-order valence-electron chi connectivity index (χ4n) is 1.79. The Labute approximate surface area is 104 Å². The largest absolute Gasteiger partial charge is 0.350 e. The van der Waals surface area contributed by atoms with Crippen LogP contribution in [0.2, 0.25) is 0 Å². The first-order valence-electron chi connectivity index (χ1n) is 5.81. The average Bonchev–Trinajstić information content (AvgIpc) is 2.89. The van der Waals surface area contributed by atoms with Crippen LogP contribution in [0.5, 0.6) is 0 Å². The molecule has 8 nitrogen and oxygen atoms in total. The van der Waals surface area contributed by atoms with E-state index in [4.69, 9.17) is 0 Å². The minimum absolute atomic E-state index is 0.0517. The van der Waals surface area contributed by atoms with Crippen LogP contribution in [-0.2, 0) is 16.1 Å². The van der Waals surface area contributed by atoms with Crippen molar-refractivity contribution in [2.75, 3.05) is 18.4 Å². The van der Waals surface area contributed by atoms with Crippen molar-refractivity contribution in [1.29, 1.82) is 0 Å². The van der Waals surface area contributed by atoms with Gasteiger partial charge in [0, 0.05) is 19.5 Å². The first-order chi connectivity index (χ1) is 8.63. The summed E-state index contributed by atoms with van der Waals surface area (Å²) in [4.78, 5) is 23.7. The van der Waals surface area contributed by atoms with Crippen molar-refractivity contribution in [2.45, 2.75) is 25.9 Å². The van der Waals surface area contributed by atoms with Crippen LogP contribution >= 0.6 is 0 Å². The molecule has 0 spiro atoms. The molecule has 18 heavy (non-hydrogen) atoms. The van der Waals surface area contributed by atoms with Crippen molar-refractivity contribution in [3.05, 3.63) is 6.20 Å². The first kappa shape index (κ1) is 12.5. The maximum absolute atomic E-state index is 11.7. The number of carbonyl (C=O) groups is 2. The van der Waals surface area contributed by atoms with Crippen LogP contribution < -0.4 is 16.0 Å². The summed E-state index contributed by atoms with van der Waals surface area (Å²) in [5, 5.41) is 16.4. The minimum Gasteiger partial charge on any atom is -0.350 e. The number of rotatable bonds is 4. The van der Waals surface area contributed by atoms with E-state index in [1.165, 1.54) is 17.9 Å². The van der Waals surface area contributed by atoms with E-state index in [0.29, 0.717) is 5.82 Å². The molecule has 1 atom stereocenters. The highest BCUT2D eigenvalue weighted by Crippen LogP contribution is 1.99. The Morgan fingerprint density at radius 1 is 1.61 bits per heavy atom. The van der Waals surface area contributed by atoms with E-state index in [0.717, 1.165) is 19.5 Å². The summed E-state index contributed by atoms with van der Waals surface area (Å²) in [6, 6.07) is 0.183. The molecule has 1 aliphatic rings. The quantitative estimate of drug-likeness (QED) is 0.619. The molecule has 1 unspecified atom stereocenters. The summed E-state index contributed by atoms with van der Waals surface area (Å²) in [6.45, 7) is 3.17. The monoisotopic (exact) mass is 252 g/mol. The number of hydrogen-bond donors (Lipinski definition) is 3. The maximum atomic E-state index is 11.7. The van der Waals surface area contributed by atoms with Gasteiger partial charge in [0.25, 0.3) is 0 Å². The smallest absolute Gasteiger partial charge is 0.243 e. The molecule has 0 aliphatic carbocycles. The predicted molar refractivity (Wildman–Crippen MR) is 63.7 cm³/mol. The Balaban J connectivity index is 1.82. The highest BCUT2D eigenvalue weighted by molar-refractivity contribution is 5.87. The van der Waals surface area contributed by atoms with Crippen LogP contribution in [0.15, 0.2) is 6.20 Å². The summed E-state index contributed by atoms with van der Waals surface area (Å²) in [5.41, 5.74) is 0. The lowest BCUT2D eigenvalue weighted by Crippen LogP contribution is -2.38. The Bertz CT molecular complexity index is 437. The zero-order valence-electron chi connectivity index (χ0n) is 10.1. The molecule has 0 radical (unpaired) electrons. The van der Waals surface area contributed by atoms with E-state index in [1.54, 1.807) is 0 Å². The number of aromatic nitrogens is 3. The maximum Gasteiger partial charge on any atom is 0.243 e. The van der Waals surface area contributed by atoms with E-state index in [1.807, 2.05) is 0 Å². The Kier molecular flexibility index (Phi) is 3.88. The summed E-state index contributed by atoms with van der Waals surface area (Å²) in [5.74, 6) is -0.00459. The molecular formula is C10H16N6O2. The van der Waals surface area contributed by atoms with Crippen molar-refractivity contribution in [2.24, 2.45) is 0 Å². The lowest BCUT2D eigenvalue weighted by molar-refractivity contribution is -0.122. The molecule has 8 heteroatoms. The third-order valence-corrected chi connectivity index (χ3v) is 2.55. The molecule has 0 saturated carbocycles. The molecule has 3 N–H and O–H groups in total. The van der Waals surface area contributed by atoms with Crippen LogP contribution in [0, 0.1) is 0 Å². The molecule has 1 aromatic rings. The fourth-order valence-corrected chi connectivity index (χ4v) is 1.79. The molecule has 0 bridgehead atoms. The number of amides is 2. The topological polar surface area (TPSA) is 101 Å². The lowest BCUT2D eigenvalue weighted by atomic mass is 10.2. The second-order valence-electron chi connectivity index (χ2n) is 4.20. The molecular weight excluding hydrogens is 236 g/mol. The van der Waals surface area contributed by atoms with Crippen LogP contribution in [0.4, 0.5) is 5.82 Å². The van der Waals surface area contributed by atoms with Crippen molar-refractivity contribution in [3.8, 4) is 0 Å². The SMILES string of the molecule is CC(=O)Nc1cnn(CC(=O)NC2CCNC2)n1. The third-order valence-electron chi connectivity index (χ3n) is 2.55. The predicted octanol–water partition coefficient (Wildman–Crippen LogP) is -1.29. The number of anilines is 1. The van der Waals surface area contributed by atoms with Gasteiger partial charge in [0.1, 0.15) is 6.54 Å². The number of nitrogens with one attached hydrogen (secondary N) is 3. The number of nitrogens with zero attached hydrogens (tertiary/aromatic N) is 3. The van der Waals surface area contributed by atoms with Gasteiger partial charge >= 0.3 is 0 Å². The summed E-state index contributed by atoms with van der Waals surface area (Å²) in [6.07, 6.45) is 2.35. The van der Waals surface area contributed by atoms with Crippen molar-refractivity contribution in [1.82, 2.24) is 25.6 Å². The van der Waals surface area contributed by atoms with Gasteiger partial charge in [-0.2, -0.15) is 9.90 Å². The van der Waals surface area contributed by atoms with Gasteiger partial charge < -0.3 is 16.0 Å². The zero-order valence-corrected chi connectivity index (χ0v) is 10.1. The molecule has 2 rings (SSSR count). The normalized spacial score (nSPS) is 18.6. The second-order valence-corrected chi connectivity index (χ2v) is 4.20. The van der Waals surface area contributed by atoms with Gasteiger partial charge in [-0.1, -0.05) is 0 Å². The van der Waals surface area contributed by atoms with Gasteiger partial charge in [0.15, 0.2) is 5.82 Å². The number of hydrogen-bond acceptors (Lipinski definition) is 5. The number of carbonyl (C=O) groups excluding carboxylic acids is 2. The van der Waals surface area contributed by atoms with Crippen molar-refractivity contribution in [3.63, 3.8) is 0 Å². The van der Waals surface area contributed by atoms with Gasteiger partial charge in [-0.25, -0.2) is 0 Å². The molecule has 1 aliphatic heterocycles. The van der Waals surface area contributed by atoms with Crippen molar-refractivity contribution < 1.29 is 9.59 Å². The van der Waals surface area contributed by atoms with Crippen LogP contribution in [0.1, 0.15) is 13.3 Å². The van der Waals surface area contributed by atoms with E-state index in [9.17, 15) is 9.59 Å². The van der Waals surface area contributed by atoms with Gasteiger partial charge in [-0.05, 0) is 13.0 Å². The third kappa shape index (κ3) is 3.52.